The Hall–Kier alpha value is -2.50. The number of benzene rings is 1. The van der Waals surface area contributed by atoms with Crippen LogP contribution in [0.3, 0.4) is 0 Å². The Morgan fingerprint density at radius 3 is 2.54 bits per heavy atom. The molecule has 3 N–H and O–H groups in total. The monoisotopic (exact) mass is 357 g/mol. The predicted octanol–water partition coefficient (Wildman–Crippen LogP) is 3.53. The third kappa shape index (κ3) is 6.78. The van der Waals surface area contributed by atoms with Gasteiger partial charge in [-0.05, 0) is 25.5 Å². The van der Waals surface area contributed by atoms with Crippen molar-refractivity contribution in [3.05, 3.63) is 48.2 Å². The molecule has 2 aromatic rings. The Bertz CT molecular complexity index is 673. The van der Waals surface area contributed by atoms with Crippen molar-refractivity contribution >= 4 is 11.6 Å². The van der Waals surface area contributed by atoms with Crippen LogP contribution in [0.15, 0.2) is 45.9 Å². The van der Waals surface area contributed by atoms with Gasteiger partial charge < -0.3 is 20.4 Å². The van der Waals surface area contributed by atoms with Crippen molar-refractivity contribution in [2.24, 2.45) is 4.99 Å². The van der Waals surface area contributed by atoms with Crippen molar-refractivity contribution in [3.8, 4) is 0 Å². The lowest BCUT2D eigenvalue weighted by molar-refractivity contribution is 0.383. The van der Waals surface area contributed by atoms with Gasteiger partial charge in [0.2, 0.25) is 5.89 Å². The molecule has 0 fully saturated rings. The predicted molar refractivity (Wildman–Crippen MR) is 108 cm³/mol. The molecule has 6 heteroatoms. The summed E-state index contributed by atoms with van der Waals surface area (Å²) in [5.74, 6) is 2.30. The standard InChI is InChI=1S/C20H31N5O/c1-5-21-19(23-13-9-12-22-16-10-7-6-8-11-16)25-15-18-24-14-17(26-18)20(2,3)4/h6-8,10-11,14,22H,5,9,12-13,15H2,1-4H3,(H2,21,23,25). The van der Waals surface area contributed by atoms with Gasteiger partial charge in [-0.2, -0.15) is 0 Å². The summed E-state index contributed by atoms with van der Waals surface area (Å²) in [5.41, 5.74) is 1.11. The van der Waals surface area contributed by atoms with E-state index in [1.165, 1.54) is 0 Å². The van der Waals surface area contributed by atoms with Crippen molar-refractivity contribution < 1.29 is 4.42 Å². The van der Waals surface area contributed by atoms with Gasteiger partial charge in [0.25, 0.3) is 0 Å². The van der Waals surface area contributed by atoms with Crippen LogP contribution >= 0.6 is 0 Å². The zero-order valence-corrected chi connectivity index (χ0v) is 16.3. The fraction of sp³-hybridized carbons (Fsp3) is 0.500. The minimum Gasteiger partial charge on any atom is -0.443 e. The summed E-state index contributed by atoms with van der Waals surface area (Å²) in [6.07, 6.45) is 2.78. The average Bonchev–Trinajstić information content (AvgIpc) is 3.09. The van der Waals surface area contributed by atoms with Crippen LogP contribution < -0.4 is 16.0 Å². The Balaban J connectivity index is 1.76. The van der Waals surface area contributed by atoms with Crippen molar-refractivity contribution in [1.29, 1.82) is 0 Å². The molecule has 6 nitrogen and oxygen atoms in total. The molecule has 0 unspecified atom stereocenters. The Morgan fingerprint density at radius 2 is 1.88 bits per heavy atom. The molecule has 0 atom stereocenters. The van der Waals surface area contributed by atoms with Crippen LogP contribution in [0.1, 0.15) is 45.8 Å². The number of para-hydroxylation sites is 1. The van der Waals surface area contributed by atoms with Crippen LogP contribution in [0.2, 0.25) is 0 Å². The second kappa shape index (κ2) is 9.85. The number of hydrogen-bond acceptors (Lipinski definition) is 4. The fourth-order valence-electron chi connectivity index (χ4n) is 2.30. The molecule has 1 aromatic heterocycles. The molecule has 0 aliphatic rings. The molecule has 142 valence electrons. The van der Waals surface area contributed by atoms with Gasteiger partial charge in [0.05, 0.1) is 6.20 Å². The summed E-state index contributed by atoms with van der Waals surface area (Å²) < 4.78 is 5.78. The van der Waals surface area contributed by atoms with Crippen LogP contribution in [0.25, 0.3) is 0 Å². The highest BCUT2D eigenvalue weighted by Gasteiger charge is 2.18. The van der Waals surface area contributed by atoms with Gasteiger partial charge in [0, 0.05) is 30.7 Å². The largest absolute Gasteiger partial charge is 0.443 e. The molecule has 0 amide bonds. The SMILES string of the molecule is CCNC(=NCc1ncc(C(C)(C)C)o1)NCCCNc1ccccc1. The molecular weight excluding hydrogens is 326 g/mol. The van der Waals surface area contributed by atoms with Crippen molar-refractivity contribution in [1.82, 2.24) is 15.6 Å². The molecule has 0 bridgehead atoms. The maximum Gasteiger partial charge on any atom is 0.216 e. The van der Waals surface area contributed by atoms with Crippen molar-refractivity contribution in [2.75, 3.05) is 25.0 Å². The van der Waals surface area contributed by atoms with E-state index in [1.54, 1.807) is 6.20 Å². The highest BCUT2D eigenvalue weighted by atomic mass is 16.4. The van der Waals surface area contributed by atoms with Crippen LogP contribution in [0.5, 0.6) is 0 Å². The Labute approximate surface area is 156 Å². The van der Waals surface area contributed by atoms with E-state index in [9.17, 15) is 0 Å². The highest BCUT2D eigenvalue weighted by Crippen LogP contribution is 2.22. The number of rotatable bonds is 8. The van der Waals surface area contributed by atoms with Crippen LogP contribution in [0.4, 0.5) is 5.69 Å². The number of oxazole rings is 1. The molecule has 0 radical (unpaired) electrons. The van der Waals surface area contributed by atoms with Crippen LogP contribution in [0, 0.1) is 0 Å². The van der Waals surface area contributed by atoms with Gasteiger partial charge in [-0.15, -0.1) is 0 Å². The summed E-state index contributed by atoms with van der Waals surface area (Å²) in [5, 5.41) is 9.99. The first-order valence-corrected chi connectivity index (χ1v) is 9.25. The van der Waals surface area contributed by atoms with Gasteiger partial charge >= 0.3 is 0 Å². The van der Waals surface area contributed by atoms with E-state index in [4.69, 9.17) is 4.42 Å². The normalized spacial score (nSPS) is 12.1. The second-order valence-corrected chi connectivity index (χ2v) is 7.14. The Morgan fingerprint density at radius 1 is 1.12 bits per heavy atom. The van der Waals surface area contributed by atoms with E-state index >= 15 is 0 Å². The first kappa shape index (κ1) is 19.8. The summed E-state index contributed by atoms with van der Waals surface area (Å²) in [6.45, 7) is 11.4. The lowest BCUT2D eigenvalue weighted by atomic mass is 9.94. The molecule has 1 aromatic carbocycles. The number of hydrogen-bond donors (Lipinski definition) is 3. The quantitative estimate of drug-likeness (QED) is 0.383. The zero-order chi connectivity index (χ0) is 18.8. The molecule has 0 spiro atoms. The average molecular weight is 358 g/mol. The van der Waals surface area contributed by atoms with Gasteiger partial charge in [0.15, 0.2) is 5.96 Å². The number of aromatic nitrogens is 1. The maximum absolute atomic E-state index is 5.78. The molecule has 0 aliphatic heterocycles. The topological polar surface area (TPSA) is 74.5 Å². The summed E-state index contributed by atoms with van der Waals surface area (Å²) in [4.78, 5) is 8.87. The molecule has 26 heavy (non-hydrogen) atoms. The van der Waals surface area contributed by atoms with Crippen molar-refractivity contribution in [2.45, 2.75) is 46.1 Å². The molecule has 0 aliphatic carbocycles. The smallest absolute Gasteiger partial charge is 0.216 e. The summed E-state index contributed by atoms with van der Waals surface area (Å²) in [7, 11) is 0. The first-order chi connectivity index (χ1) is 12.5. The maximum atomic E-state index is 5.78. The number of aliphatic imine (C=N–C) groups is 1. The van der Waals surface area contributed by atoms with Gasteiger partial charge in [-0.25, -0.2) is 9.98 Å². The summed E-state index contributed by atoms with van der Waals surface area (Å²) in [6, 6.07) is 10.2. The molecule has 0 saturated carbocycles. The van der Waals surface area contributed by atoms with E-state index in [2.05, 4.69) is 65.8 Å². The lowest BCUT2D eigenvalue weighted by Gasteiger charge is -2.13. The van der Waals surface area contributed by atoms with Crippen LogP contribution in [-0.4, -0.2) is 30.6 Å². The van der Waals surface area contributed by atoms with Gasteiger partial charge in [0.1, 0.15) is 12.3 Å². The fourth-order valence-corrected chi connectivity index (χ4v) is 2.30. The number of nitrogens with zero attached hydrogens (tertiary/aromatic N) is 2. The van der Waals surface area contributed by atoms with E-state index < -0.39 is 0 Å². The van der Waals surface area contributed by atoms with Crippen LogP contribution in [-0.2, 0) is 12.0 Å². The minimum absolute atomic E-state index is 0.0382. The summed E-state index contributed by atoms with van der Waals surface area (Å²) >= 11 is 0. The number of anilines is 1. The van der Waals surface area contributed by atoms with E-state index in [-0.39, 0.29) is 5.41 Å². The lowest BCUT2D eigenvalue weighted by Crippen LogP contribution is -2.38. The number of guanidine groups is 1. The zero-order valence-electron chi connectivity index (χ0n) is 16.3. The molecule has 0 saturated heterocycles. The Kier molecular flexibility index (Phi) is 7.51. The van der Waals surface area contributed by atoms with E-state index in [1.807, 2.05) is 18.2 Å². The number of nitrogens with one attached hydrogen (secondary N) is 3. The van der Waals surface area contributed by atoms with Gasteiger partial charge in [-0.1, -0.05) is 39.0 Å². The highest BCUT2D eigenvalue weighted by molar-refractivity contribution is 5.79. The molecule has 2 rings (SSSR count). The van der Waals surface area contributed by atoms with E-state index in [0.29, 0.717) is 12.4 Å². The minimum atomic E-state index is -0.0382. The third-order valence-corrected chi connectivity index (χ3v) is 3.76. The molecule has 1 heterocycles. The van der Waals surface area contributed by atoms with Crippen molar-refractivity contribution in [3.63, 3.8) is 0 Å². The van der Waals surface area contributed by atoms with Gasteiger partial charge in [-0.3, -0.25) is 0 Å². The third-order valence-electron chi connectivity index (χ3n) is 3.76. The van der Waals surface area contributed by atoms with E-state index in [0.717, 1.165) is 43.5 Å². The second-order valence-electron chi connectivity index (χ2n) is 7.14. The first-order valence-electron chi connectivity index (χ1n) is 9.25. The molecular formula is C20H31N5O.